The largest absolute Gasteiger partial charge is 0.471 e. The molecule has 4 heterocycles. The standard InChI is InChI=1S/C18H22F3N5O5S/c1-17(2)30-11-9(6-28-32-3)29-15(12(11)31-17)26-5-8(4-23-16(27)18(19,20)21)10-13(22)24-7-25-14(10)26/h5,7,9,11-12,15H,4,6H2,1-3H3,(H,23,27)(H2,22,24,25)/t9-,11?,12?,15-/m1/s1. The molecule has 32 heavy (non-hydrogen) atoms. The van der Waals surface area contributed by atoms with E-state index >= 15 is 0 Å². The molecule has 4 rings (SSSR count). The number of hydrogen-bond acceptors (Lipinski definition) is 9. The molecular formula is C18H22F3N5O5S. The van der Waals surface area contributed by atoms with E-state index in [1.54, 1.807) is 24.7 Å². The number of fused-ring (bicyclic) bond motifs is 2. The van der Waals surface area contributed by atoms with E-state index in [2.05, 4.69) is 9.97 Å². The van der Waals surface area contributed by atoms with E-state index in [1.165, 1.54) is 24.6 Å². The first-order valence-corrected chi connectivity index (χ1v) is 10.8. The van der Waals surface area contributed by atoms with Gasteiger partial charge in [0.05, 0.1) is 12.0 Å². The summed E-state index contributed by atoms with van der Waals surface area (Å²) in [7, 11) is 0. The van der Waals surface area contributed by atoms with Gasteiger partial charge in [-0.05, 0) is 25.9 Å². The van der Waals surface area contributed by atoms with Crippen LogP contribution in [0, 0.1) is 0 Å². The van der Waals surface area contributed by atoms with Crippen LogP contribution in [-0.4, -0.2) is 63.6 Å². The monoisotopic (exact) mass is 477 g/mol. The zero-order chi connectivity index (χ0) is 23.3. The van der Waals surface area contributed by atoms with Crippen molar-refractivity contribution in [1.82, 2.24) is 19.9 Å². The average molecular weight is 477 g/mol. The first kappa shape index (κ1) is 23.0. The minimum atomic E-state index is -5.01. The number of alkyl halides is 3. The number of nitrogens with two attached hydrogens (primary N) is 1. The van der Waals surface area contributed by atoms with Gasteiger partial charge in [0.1, 0.15) is 36.1 Å². The van der Waals surface area contributed by atoms with E-state index in [0.29, 0.717) is 16.6 Å². The van der Waals surface area contributed by atoms with Crippen LogP contribution in [0.1, 0.15) is 25.6 Å². The van der Waals surface area contributed by atoms with Gasteiger partial charge in [0.2, 0.25) is 0 Å². The number of amides is 1. The predicted octanol–water partition coefficient (Wildman–Crippen LogP) is 1.90. The third-order valence-electron chi connectivity index (χ3n) is 5.16. The molecule has 2 aromatic rings. The Morgan fingerprint density at radius 1 is 1.34 bits per heavy atom. The zero-order valence-corrected chi connectivity index (χ0v) is 18.2. The molecule has 1 amide bonds. The van der Waals surface area contributed by atoms with Gasteiger partial charge in [0.15, 0.2) is 12.0 Å². The average Bonchev–Trinajstić information content (AvgIpc) is 3.33. The van der Waals surface area contributed by atoms with Crippen LogP contribution in [0.5, 0.6) is 0 Å². The maximum atomic E-state index is 12.6. The molecule has 0 radical (unpaired) electrons. The summed E-state index contributed by atoms with van der Waals surface area (Å²) >= 11 is 1.19. The topological polar surface area (TPSA) is 123 Å². The minimum absolute atomic E-state index is 0.0609. The van der Waals surface area contributed by atoms with E-state index in [0.717, 1.165) is 0 Å². The molecule has 2 fully saturated rings. The molecule has 3 N–H and O–H groups in total. The smallest absolute Gasteiger partial charge is 0.383 e. The second kappa shape index (κ2) is 8.33. The van der Waals surface area contributed by atoms with E-state index < -0.39 is 49.0 Å². The number of ether oxygens (including phenoxy) is 3. The lowest BCUT2D eigenvalue weighted by Gasteiger charge is -2.24. The Labute approximate surface area is 185 Å². The molecule has 2 aliphatic rings. The first-order valence-electron chi connectivity index (χ1n) is 9.63. The van der Waals surface area contributed by atoms with Crippen molar-refractivity contribution in [3.63, 3.8) is 0 Å². The molecule has 2 aliphatic heterocycles. The number of hydrogen-bond donors (Lipinski definition) is 2. The van der Waals surface area contributed by atoms with Gasteiger partial charge < -0.3 is 34.0 Å². The van der Waals surface area contributed by atoms with E-state index in [-0.39, 0.29) is 12.4 Å². The van der Waals surface area contributed by atoms with Gasteiger partial charge in [-0.25, -0.2) is 9.97 Å². The van der Waals surface area contributed by atoms with Crippen molar-refractivity contribution in [3.8, 4) is 0 Å². The van der Waals surface area contributed by atoms with E-state index in [1.807, 2.05) is 5.32 Å². The van der Waals surface area contributed by atoms with Gasteiger partial charge in [0, 0.05) is 24.6 Å². The van der Waals surface area contributed by atoms with Crippen LogP contribution in [-0.2, 0) is 29.7 Å². The molecule has 2 saturated heterocycles. The third-order valence-corrected chi connectivity index (χ3v) is 5.54. The van der Waals surface area contributed by atoms with Crippen molar-refractivity contribution in [3.05, 3.63) is 18.1 Å². The number of nitrogen functional groups attached to an aromatic ring is 1. The Morgan fingerprint density at radius 3 is 2.75 bits per heavy atom. The first-order chi connectivity index (χ1) is 15.0. The van der Waals surface area contributed by atoms with Crippen molar-refractivity contribution in [2.24, 2.45) is 0 Å². The summed E-state index contributed by atoms with van der Waals surface area (Å²) in [6, 6.07) is 0. The lowest BCUT2D eigenvalue weighted by atomic mass is 10.1. The second-order valence-corrected chi connectivity index (χ2v) is 8.35. The maximum Gasteiger partial charge on any atom is 0.471 e. The highest BCUT2D eigenvalue weighted by Gasteiger charge is 2.56. The van der Waals surface area contributed by atoms with E-state index in [9.17, 15) is 18.0 Å². The molecule has 2 aromatic heterocycles. The molecule has 0 bridgehead atoms. The van der Waals surface area contributed by atoms with Crippen LogP contribution < -0.4 is 11.1 Å². The summed E-state index contributed by atoms with van der Waals surface area (Å²) in [6.45, 7) is 3.37. The number of halogens is 3. The van der Waals surface area contributed by atoms with Crippen molar-refractivity contribution >= 4 is 34.8 Å². The second-order valence-electron chi connectivity index (χ2n) is 7.78. The Morgan fingerprint density at radius 2 is 2.06 bits per heavy atom. The molecule has 10 nitrogen and oxygen atoms in total. The van der Waals surface area contributed by atoms with Crippen molar-refractivity contribution in [2.45, 2.75) is 56.9 Å². The summed E-state index contributed by atoms with van der Waals surface area (Å²) in [6.07, 6.45) is -2.61. The number of nitrogens with one attached hydrogen (secondary N) is 1. The highest BCUT2D eigenvalue weighted by atomic mass is 32.2. The molecule has 0 aromatic carbocycles. The molecule has 2 unspecified atom stereocenters. The number of anilines is 1. The van der Waals surface area contributed by atoms with Crippen LogP contribution in [0.25, 0.3) is 11.0 Å². The zero-order valence-electron chi connectivity index (χ0n) is 17.4. The van der Waals surface area contributed by atoms with Gasteiger partial charge in [-0.1, -0.05) is 0 Å². The number of nitrogens with zero attached hydrogens (tertiary/aromatic N) is 3. The van der Waals surface area contributed by atoms with Crippen LogP contribution in [0.2, 0.25) is 0 Å². The van der Waals surface area contributed by atoms with Gasteiger partial charge in [-0.2, -0.15) is 13.2 Å². The Hall–Kier alpha value is -2.13. The summed E-state index contributed by atoms with van der Waals surface area (Å²) in [4.78, 5) is 19.5. The van der Waals surface area contributed by atoms with Crippen molar-refractivity contribution < 1.29 is 36.4 Å². The third kappa shape index (κ3) is 4.24. The highest BCUT2D eigenvalue weighted by molar-refractivity contribution is 7.93. The molecular weight excluding hydrogens is 455 g/mol. The normalized spacial score (nSPS) is 27.1. The maximum absolute atomic E-state index is 12.6. The van der Waals surface area contributed by atoms with Gasteiger partial charge >= 0.3 is 12.1 Å². The Kier molecular flexibility index (Phi) is 6.00. The quantitative estimate of drug-likeness (QED) is 0.601. The lowest BCUT2D eigenvalue weighted by molar-refractivity contribution is -0.198. The number of carbonyl (C=O) groups excluding carboxylic acids is 1. The van der Waals surface area contributed by atoms with Crippen LogP contribution >= 0.6 is 12.0 Å². The molecule has 0 spiro atoms. The lowest BCUT2D eigenvalue weighted by Crippen LogP contribution is -2.36. The number of aromatic nitrogens is 3. The van der Waals surface area contributed by atoms with Crippen LogP contribution in [0.4, 0.5) is 19.0 Å². The fourth-order valence-electron chi connectivity index (χ4n) is 3.94. The molecule has 176 valence electrons. The number of carbonyl (C=O) groups is 1. The molecule has 14 heteroatoms. The SMILES string of the molecule is CSOC[C@H]1O[C@@H](n2cc(CNC(=O)C(F)(F)F)c3c(N)ncnc32)C2OC(C)(C)OC21. The highest BCUT2D eigenvalue weighted by Crippen LogP contribution is 2.44. The predicted molar refractivity (Wildman–Crippen MR) is 107 cm³/mol. The van der Waals surface area contributed by atoms with Crippen LogP contribution in [0.15, 0.2) is 12.5 Å². The van der Waals surface area contributed by atoms with Crippen molar-refractivity contribution in [1.29, 1.82) is 0 Å². The van der Waals surface area contributed by atoms with Crippen LogP contribution in [0.3, 0.4) is 0 Å². The summed E-state index contributed by atoms with van der Waals surface area (Å²) < 4.78 is 63.2. The van der Waals surface area contributed by atoms with E-state index in [4.69, 9.17) is 24.1 Å². The number of rotatable bonds is 6. The summed E-state index contributed by atoms with van der Waals surface area (Å²) in [5.74, 6) is -2.87. The molecule has 4 atom stereocenters. The molecule has 0 aliphatic carbocycles. The van der Waals surface area contributed by atoms with Gasteiger partial charge in [0.25, 0.3) is 0 Å². The summed E-state index contributed by atoms with van der Waals surface area (Å²) in [5.41, 5.74) is 6.62. The summed E-state index contributed by atoms with van der Waals surface area (Å²) in [5, 5.41) is 2.17. The molecule has 0 saturated carbocycles. The van der Waals surface area contributed by atoms with Gasteiger partial charge in [-0.3, -0.25) is 4.79 Å². The van der Waals surface area contributed by atoms with Gasteiger partial charge in [-0.15, -0.1) is 0 Å². The fourth-order valence-corrected chi connectivity index (χ4v) is 4.21. The Bertz CT molecular complexity index is 1020. The minimum Gasteiger partial charge on any atom is -0.383 e. The van der Waals surface area contributed by atoms with Crippen molar-refractivity contribution in [2.75, 3.05) is 18.6 Å². The Balaban J connectivity index is 1.69. The fraction of sp³-hybridized carbons (Fsp3) is 0.611.